The van der Waals surface area contributed by atoms with Crippen LogP contribution in [-0.4, -0.2) is 23.0 Å². The lowest BCUT2D eigenvalue weighted by Crippen LogP contribution is -2.37. The third-order valence-corrected chi connectivity index (χ3v) is 6.01. The minimum atomic E-state index is 0.482. The maximum absolute atomic E-state index is 6.27. The van der Waals surface area contributed by atoms with Crippen LogP contribution < -0.4 is 0 Å². The number of hydrogen-bond acceptors (Lipinski definition) is 1. The van der Waals surface area contributed by atoms with E-state index in [0.717, 1.165) is 31.0 Å². The maximum Gasteiger partial charge on any atom is 0.0504 e. The smallest absolute Gasteiger partial charge is 0.0504 e. The van der Waals surface area contributed by atoms with Gasteiger partial charge in [-0.2, -0.15) is 0 Å². The first-order valence-electron chi connectivity index (χ1n) is 10.2. The molecule has 0 amide bonds. The van der Waals surface area contributed by atoms with E-state index in [9.17, 15) is 0 Å². The fourth-order valence-electron chi connectivity index (χ4n) is 4.50. The van der Waals surface area contributed by atoms with E-state index in [1.54, 1.807) is 0 Å². The number of rotatable bonds is 6. The second-order valence-corrected chi connectivity index (χ2v) is 8.66. The van der Waals surface area contributed by atoms with Gasteiger partial charge in [0.15, 0.2) is 0 Å². The number of nitrogens with one attached hydrogen (secondary N) is 1. The molecular weight excluding hydrogens is 352 g/mol. The molecule has 1 N–H and O–H groups in total. The van der Waals surface area contributed by atoms with Gasteiger partial charge in [0.1, 0.15) is 0 Å². The zero-order valence-corrected chi connectivity index (χ0v) is 17.1. The topological polar surface area (TPSA) is 19.0 Å². The molecule has 2 aromatic carbocycles. The monoisotopic (exact) mass is 380 g/mol. The molecule has 0 saturated heterocycles. The van der Waals surface area contributed by atoms with Crippen LogP contribution in [0.1, 0.15) is 49.6 Å². The molecule has 0 bridgehead atoms. The third kappa shape index (κ3) is 4.07. The normalized spacial score (nSPS) is 17.6. The molecule has 27 heavy (non-hydrogen) atoms. The lowest BCUT2D eigenvalue weighted by molar-refractivity contribution is 0.158. The molecule has 0 radical (unpaired) electrons. The highest BCUT2D eigenvalue weighted by atomic mass is 35.5. The fourth-order valence-corrected chi connectivity index (χ4v) is 4.67. The van der Waals surface area contributed by atoms with Crippen LogP contribution in [0, 0.1) is 5.92 Å². The number of halogens is 1. The van der Waals surface area contributed by atoms with Gasteiger partial charge in [0.2, 0.25) is 0 Å². The molecular formula is C24H29ClN2. The van der Waals surface area contributed by atoms with Crippen molar-refractivity contribution in [3.63, 3.8) is 0 Å². The van der Waals surface area contributed by atoms with Crippen molar-refractivity contribution < 1.29 is 0 Å². The maximum atomic E-state index is 6.27. The molecule has 1 aromatic heterocycles. The van der Waals surface area contributed by atoms with Gasteiger partial charge in [0.25, 0.3) is 0 Å². The van der Waals surface area contributed by atoms with Gasteiger partial charge in [0.05, 0.1) is 6.04 Å². The quantitative estimate of drug-likeness (QED) is 0.524. The Morgan fingerprint density at radius 1 is 1.15 bits per heavy atom. The van der Waals surface area contributed by atoms with Crippen LogP contribution in [0.3, 0.4) is 0 Å². The Balaban J connectivity index is 1.55. The number of benzene rings is 2. The van der Waals surface area contributed by atoms with Gasteiger partial charge in [-0.1, -0.05) is 55.8 Å². The molecule has 1 aliphatic heterocycles. The van der Waals surface area contributed by atoms with Crippen LogP contribution in [-0.2, 0) is 12.8 Å². The van der Waals surface area contributed by atoms with Gasteiger partial charge < -0.3 is 4.98 Å². The van der Waals surface area contributed by atoms with Crippen molar-refractivity contribution in [2.75, 3.05) is 13.1 Å². The molecule has 1 aliphatic rings. The Morgan fingerprint density at radius 2 is 1.96 bits per heavy atom. The predicted octanol–water partition coefficient (Wildman–Crippen LogP) is 6.40. The molecule has 2 nitrogen and oxygen atoms in total. The van der Waals surface area contributed by atoms with Gasteiger partial charge in [-0.25, -0.2) is 0 Å². The van der Waals surface area contributed by atoms with Gasteiger partial charge >= 0.3 is 0 Å². The summed E-state index contributed by atoms with van der Waals surface area (Å²) in [7, 11) is 0. The van der Waals surface area contributed by atoms with E-state index in [2.05, 4.69) is 66.2 Å². The highest BCUT2D eigenvalue weighted by Gasteiger charge is 2.30. The average Bonchev–Trinajstić information content (AvgIpc) is 3.02. The van der Waals surface area contributed by atoms with E-state index in [1.165, 1.54) is 40.6 Å². The zero-order chi connectivity index (χ0) is 18.8. The van der Waals surface area contributed by atoms with Crippen LogP contribution in [0.25, 0.3) is 10.9 Å². The van der Waals surface area contributed by atoms with Crippen LogP contribution >= 0.6 is 11.6 Å². The SMILES string of the molecule is CC(C)CC1c2[nH]c3ccc(Cl)cc3c2CCN1CCCc1ccccc1. The molecule has 4 rings (SSSR count). The van der Waals surface area contributed by atoms with Crippen molar-refractivity contribution in [1.82, 2.24) is 9.88 Å². The first-order valence-corrected chi connectivity index (χ1v) is 10.6. The number of aryl methyl sites for hydroxylation is 1. The minimum Gasteiger partial charge on any atom is -0.357 e. The number of aromatic amines is 1. The number of aromatic nitrogens is 1. The second kappa shape index (κ2) is 8.08. The van der Waals surface area contributed by atoms with Crippen LogP contribution in [0.15, 0.2) is 48.5 Å². The first kappa shape index (κ1) is 18.6. The summed E-state index contributed by atoms with van der Waals surface area (Å²) < 4.78 is 0. The molecule has 1 unspecified atom stereocenters. The molecule has 0 spiro atoms. The number of H-pyrrole nitrogens is 1. The molecule has 1 atom stereocenters. The van der Waals surface area contributed by atoms with Crippen LogP contribution in [0.4, 0.5) is 0 Å². The van der Waals surface area contributed by atoms with Crippen molar-refractivity contribution in [2.24, 2.45) is 5.92 Å². The second-order valence-electron chi connectivity index (χ2n) is 8.23. The van der Waals surface area contributed by atoms with Gasteiger partial charge in [-0.05, 0) is 67.5 Å². The van der Waals surface area contributed by atoms with Crippen molar-refractivity contribution in [3.05, 3.63) is 70.4 Å². The zero-order valence-electron chi connectivity index (χ0n) is 16.3. The van der Waals surface area contributed by atoms with Crippen LogP contribution in [0.5, 0.6) is 0 Å². The van der Waals surface area contributed by atoms with E-state index in [1.807, 2.05) is 6.07 Å². The van der Waals surface area contributed by atoms with Gasteiger partial charge in [-0.15, -0.1) is 0 Å². The average molecular weight is 381 g/mol. The van der Waals surface area contributed by atoms with Crippen molar-refractivity contribution in [3.8, 4) is 0 Å². The van der Waals surface area contributed by atoms with E-state index < -0.39 is 0 Å². The summed E-state index contributed by atoms with van der Waals surface area (Å²) in [5.41, 5.74) is 5.57. The number of nitrogens with zero attached hydrogens (tertiary/aromatic N) is 1. The number of hydrogen-bond donors (Lipinski definition) is 1. The Kier molecular flexibility index (Phi) is 5.56. The number of fused-ring (bicyclic) bond motifs is 3. The van der Waals surface area contributed by atoms with Crippen molar-refractivity contribution >= 4 is 22.5 Å². The fraction of sp³-hybridized carbons (Fsp3) is 0.417. The van der Waals surface area contributed by atoms with E-state index in [-0.39, 0.29) is 0 Å². The molecule has 2 heterocycles. The summed E-state index contributed by atoms with van der Waals surface area (Å²) in [4.78, 5) is 6.43. The Labute approximate surface area is 167 Å². The summed E-state index contributed by atoms with van der Waals surface area (Å²) in [6.45, 7) is 6.95. The molecule has 3 heteroatoms. The van der Waals surface area contributed by atoms with Gasteiger partial charge in [0, 0.05) is 28.2 Å². The molecule has 142 valence electrons. The Bertz CT molecular complexity index is 897. The van der Waals surface area contributed by atoms with Gasteiger partial charge in [-0.3, -0.25) is 4.90 Å². The summed E-state index contributed by atoms with van der Waals surface area (Å²) in [5.74, 6) is 0.674. The largest absolute Gasteiger partial charge is 0.357 e. The highest BCUT2D eigenvalue weighted by Crippen LogP contribution is 2.38. The van der Waals surface area contributed by atoms with Crippen molar-refractivity contribution in [2.45, 2.75) is 45.6 Å². The molecule has 0 saturated carbocycles. The summed E-state index contributed by atoms with van der Waals surface area (Å²) in [5, 5.41) is 2.14. The lowest BCUT2D eigenvalue weighted by Gasteiger charge is -2.37. The van der Waals surface area contributed by atoms with E-state index in [0.29, 0.717) is 12.0 Å². The molecule has 3 aromatic rings. The predicted molar refractivity (Wildman–Crippen MR) is 116 cm³/mol. The summed E-state index contributed by atoms with van der Waals surface area (Å²) in [6.07, 6.45) is 4.66. The minimum absolute atomic E-state index is 0.482. The third-order valence-electron chi connectivity index (χ3n) is 5.77. The first-order chi connectivity index (χ1) is 13.1. The summed E-state index contributed by atoms with van der Waals surface area (Å²) in [6, 6.07) is 17.6. The van der Waals surface area contributed by atoms with Crippen LogP contribution in [0.2, 0.25) is 5.02 Å². The Morgan fingerprint density at radius 3 is 2.74 bits per heavy atom. The highest BCUT2D eigenvalue weighted by molar-refractivity contribution is 6.31. The van der Waals surface area contributed by atoms with Crippen molar-refractivity contribution in [1.29, 1.82) is 0 Å². The molecule has 0 fully saturated rings. The van der Waals surface area contributed by atoms with E-state index >= 15 is 0 Å². The standard InChI is InChI=1S/C24H29ClN2/c1-17(2)15-23-24-20(21-16-19(25)10-11-22(21)26-24)12-14-27(23)13-6-9-18-7-4-3-5-8-18/h3-5,7-8,10-11,16-17,23,26H,6,9,12-15H2,1-2H3. The van der Waals surface area contributed by atoms with E-state index in [4.69, 9.17) is 11.6 Å². The Hall–Kier alpha value is -1.77. The lowest BCUT2D eigenvalue weighted by atomic mass is 9.91. The summed E-state index contributed by atoms with van der Waals surface area (Å²) >= 11 is 6.27. The molecule has 0 aliphatic carbocycles.